The Morgan fingerprint density at radius 2 is 2.00 bits per heavy atom. The number of pyridine rings is 1. The van der Waals surface area contributed by atoms with Crippen LogP contribution in [0.4, 0.5) is 4.39 Å². The molecule has 1 aromatic carbocycles. The van der Waals surface area contributed by atoms with Crippen molar-refractivity contribution >= 4 is 34.5 Å². The summed E-state index contributed by atoms with van der Waals surface area (Å²) in [5.41, 5.74) is 3.49. The maximum atomic E-state index is 15.1. The highest BCUT2D eigenvalue weighted by atomic mass is 35.5. The number of benzene rings is 1. The minimum absolute atomic E-state index is 0.109. The van der Waals surface area contributed by atoms with Crippen molar-refractivity contribution in [3.05, 3.63) is 53.2 Å². The fourth-order valence-corrected chi connectivity index (χ4v) is 4.21. The lowest BCUT2D eigenvalue weighted by atomic mass is 9.96. The van der Waals surface area contributed by atoms with Crippen molar-refractivity contribution in [3.63, 3.8) is 0 Å². The molecule has 0 aliphatic rings. The van der Waals surface area contributed by atoms with Crippen LogP contribution in [0, 0.1) is 11.2 Å². The van der Waals surface area contributed by atoms with Gasteiger partial charge in [0.1, 0.15) is 5.82 Å². The van der Waals surface area contributed by atoms with E-state index in [4.69, 9.17) is 11.6 Å². The van der Waals surface area contributed by atoms with E-state index in [0.29, 0.717) is 21.4 Å². The first kappa shape index (κ1) is 22.1. The molecule has 0 radical (unpaired) electrons. The molecule has 2 aromatic heterocycles. The minimum atomic E-state index is -0.259. The lowest BCUT2D eigenvalue weighted by molar-refractivity contribution is 0.349. The standard InChI is InChI=1S/C23H29ClFN3S/c1-15(2)29-27-9-6-16-13-28(14-23(3,4)5)22-11-19(21(25)10-18(16)22)17-7-8-26-12-20(17)24/h7-8,10-13,15,27H,6,9,14H2,1-5H3. The van der Waals surface area contributed by atoms with Crippen LogP contribution in [0.5, 0.6) is 0 Å². The van der Waals surface area contributed by atoms with Crippen molar-refractivity contribution in [2.24, 2.45) is 5.41 Å². The van der Waals surface area contributed by atoms with Crippen LogP contribution in [0.2, 0.25) is 5.02 Å². The molecule has 0 fully saturated rings. The molecule has 0 saturated carbocycles. The van der Waals surface area contributed by atoms with E-state index >= 15 is 4.39 Å². The van der Waals surface area contributed by atoms with Crippen molar-refractivity contribution < 1.29 is 4.39 Å². The van der Waals surface area contributed by atoms with Gasteiger partial charge in [-0.15, -0.1) is 0 Å². The molecule has 3 nitrogen and oxygen atoms in total. The van der Waals surface area contributed by atoms with Gasteiger partial charge < -0.3 is 4.57 Å². The topological polar surface area (TPSA) is 29.9 Å². The van der Waals surface area contributed by atoms with E-state index in [0.717, 1.165) is 36.0 Å². The lowest BCUT2D eigenvalue weighted by Crippen LogP contribution is -2.15. The Hall–Kier alpha value is -1.56. The molecule has 0 spiro atoms. The third-order valence-corrected chi connectivity index (χ3v) is 5.72. The third kappa shape index (κ3) is 5.53. The number of hydrogen-bond donors (Lipinski definition) is 1. The summed E-state index contributed by atoms with van der Waals surface area (Å²) in [6.45, 7) is 12.7. The summed E-state index contributed by atoms with van der Waals surface area (Å²) in [7, 11) is 0. The van der Waals surface area contributed by atoms with Crippen molar-refractivity contribution in [2.75, 3.05) is 6.54 Å². The van der Waals surface area contributed by atoms with Crippen molar-refractivity contribution in [1.29, 1.82) is 0 Å². The van der Waals surface area contributed by atoms with Gasteiger partial charge in [0.15, 0.2) is 0 Å². The van der Waals surface area contributed by atoms with Gasteiger partial charge in [0.05, 0.1) is 5.02 Å². The largest absolute Gasteiger partial charge is 0.347 e. The number of aromatic nitrogens is 2. The molecule has 3 rings (SSSR count). The molecule has 2 heterocycles. The highest BCUT2D eigenvalue weighted by molar-refractivity contribution is 7.97. The number of hydrogen-bond acceptors (Lipinski definition) is 3. The highest BCUT2D eigenvalue weighted by Gasteiger charge is 2.19. The molecule has 0 aliphatic carbocycles. The number of halogens is 2. The zero-order valence-electron chi connectivity index (χ0n) is 17.7. The molecule has 29 heavy (non-hydrogen) atoms. The number of nitrogens with one attached hydrogen (secondary N) is 1. The van der Waals surface area contributed by atoms with Crippen LogP contribution in [-0.4, -0.2) is 21.3 Å². The van der Waals surface area contributed by atoms with Gasteiger partial charge in [-0.1, -0.05) is 58.2 Å². The van der Waals surface area contributed by atoms with E-state index in [1.165, 1.54) is 0 Å². The first-order valence-electron chi connectivity index (χ1n) is 9.95. The Kier molecular flexibility index (Phi) is 6.92. The molecular weight excluding hydrogens is 405 g/mol. The van der Waals surface area contributed by atoms with Crippen molar-refractivity contribution in [3.8, 4) is 11.1 Å². The molecule has 0 aliphatic heterocycles. The van der Waals surface area contributed by atoms with E-state index < -0.39 is 0 Å². The van der Waals surface area contributed by atoms with E-state index in [2.05, 4.69) is 55.1 Å². The van der Waals surface area contributed by atoms with Crippen LogP contribution < -0.4 is 4.72 Å². The SMILES string of the molecule is CC(C)SNCCc1cn(CC(C)(C)C)c2cc(-c3ccncc3Cl)c(F)cc12. The first-order chi connectivity index (χ1) is 13.7. The van der Waals surface area contributed by atoms with E-state index in [-0.39, 0.29) is 11.2 Å². The van der Waals surface area contributed by atoms with E-state index in [1.807, 2.05) is 6.07 Å². The predicted octanol–water partition coefficient (Wildman–Crippen LogP) is 6.73. The Morgan fingerprint density at radius 3 is 2.66 bits per heavy atom. The maximum Gasteiger partial charge on any atom is 0.131 e. The van der Waals surface area contributed by atoms with Crippen LogP contribution in [-0.2, 0) is 13.0 Å². The Bertz CT molecular complexity index is 992. The average molecular weight is 434 g/mol. The maximum absolute atomic E-state index is 15.1. The molecule has 0 amide bonds. The number of fused-ring (bicyclic) bond motifs is 1. The molecule has 3 aromatic rings. The van der Waals surface area contributed by atoms with Gasteiger partial charge in [-0.25, -0.2) is 4.39 Å². The average Bonchev–Trinajstić information content (AvgIpc) is 2.93. The second-order valence-corrected chi connectivity index (χ2v) is 10.7. The molecule has 156 valence electrons. The van der Waals surface area contributed by atoms with Crippen LogP contribution in [0.1, 0.15) is 40.2 Å². The summed E-state index contributed by atoms with van der Waals surface area (Å²) < 4.78 is 20.8. The predicted molar refractivity (Wildman–Crippen MR) is 124 cm³/mol. The highest BCUT2D eigenvalue weighted by Crippen LogP contribution is 2.35. The molecule has 6 heteroatoms. The minimum Gasteiger partial charge on any atom is -0.347 e. The number of rotatable bonds is 7. The fraction of sp³-hybridized carbons (Fsp3) is 0.435. The molecule has 1 N–H and O–H groups in total. The molecule has 0 bridgehead atoms. The zero-order chi connectivity index (χ0) is 21.2. The Morgan fingerprint density at radius 1 is 1.24 bits per heavy atom. The summed E-state index contributed by atoms with van der Waals surface area (Å²) in [5, 5.41) is 1.95. The van der Waals surface area contributed by atoms with Crippen molar-refractivity contribution in [2.45, 2.75) is 52.8 Å². The van der Waals surface area contributed by atoms with Gasteiger partial charge in [0, 0.05) is 59.0 Å². The molecule has 0 atom stereocenters. The van der Waals surface area contributed by atoms with Gasteiger partial charge in [0.2, 0.25) is 0 Å². The van der Waals surface area contributed by atoms with Crippen LogP contribution in [0.15, 0.2) is 36.8 Å². The smallest absolute Gasteiger partial charge is 0.131 e. The summed E-state index contributed by atoms with van der Waals surface area (Å²) in [6.07, 6.45) is 6.22. The Balaban J connectivity index is 2.05. The molecule has 0 saturated heterocycles. The normalized spacial score (nSPS) is 12.3. The van der Waals surface area contributed by atoms with Gasteiger partial charge in [-0.3, -0.25) is 9.71 Å². The van der Waals surface area contributed by atoms with Crippen molar-refractivity contribution in [1.82, 2.24) is 14.3 Å². The van der Waals surface area contributed by atoms with Gasteiger partial charge in [-0.2, -0.15) is 0 Å². The van der Waals surface area contributed by atoms with Gasteiger partial charge in [0.25, 0.3) is 0 Å². The quantitative estimate of drug-likeness (QED) is 0.331. The lowest BCUT2D eigenvalue weighted by Gasteiger charge is -2.20. The summed E-state index contributed by atoms with van der Waals surface area (Å²) in [4.78, 5) is 4.02. The first-order valence-corrected chi connectivity index (χ1v) is 11.2. The number of nitrogens with zero attached hydrogens (tertiary/aromatic N) is 2. The Labute approximate surface area is 182 Å². The summed E-state index contributed by atoms with van der Waals surface area (Å²) in [6, 6.07) is 5.35. The van der Waals surface area contributed by atoms with E-state index in [1.54, 1.807) is 36.5 Å². The van der Waals surface area contributed by atoms with Gasteiger partial charge in [-0.05, 0) is 35.6 Å². The fourth-order valence-electron chi connectivity index (χ4n) is 3.44. The monoisotopic (exact) mass is 433 g/mol. The van der Waals surface area contributed by atoms with Gasteiger partial charge >= 0.3 is 0 Å². The van der Waals surface area contributed by atoms with Crippen LogP contribution in [0.25, 0.3) is 22.0 Å². The summed E-state index contributed by atoms with van der Waals surface area (Å²) >= 11 is 8.02. The molecule has 0 unspecified atom stereocenters. The third-order valence-electron chi connectivity index (χ3n) is 4.58. The van der Waals surface area contributed by atoms with Crippen LogP contribution >= 0.6 is 23.5 Å². The van der Waals surface area contributed by atoms with E-state index in [9.17, 15) is 0 Å². The second kappa shape index (κ2) is 9.07. The van der Waals surface area contributed by atoms with Crippen LogP contribution in [0.3, 0.4) is 0 Å². The second-order valence-electron chi connectivity index (χ2n) is 8.86. The zero-order valence-corrected chi connectivity index (χ0v) is 19.3. The molecular formula is C23H29ClFN3S. The summed E-state index contributed by atoms with van der Waals surface area (Å²) in [5.74, 6) is -0.259.